The normalized spacial score (nSPS) is 18.8. The molecule has 1 aliphatic heterocycles. The van der Waals surface area contributed by atoms with Gasteiger partial charge in [0.05, 0.1) is 12.6 Å². The fraction of sp³-hybridized carbons (Fsp3) is 0.789. The third-order valence-corrected chi connectivity index (χ3v) is 5.81. The molecule has 0 radical (unpaired) electrons. The Labute approximate surface area is 186 Å². The van der Waals surface area contributed by atoms with Gasteiger partial charge in [-0.15, -0.1) is 0 Å². The predicted molar refractivity (Wildman–Crippen MR) is 117 cm³/mol. The quantitative estimate of drug-likeness (QED) is 0.163. The van der Waals surface area contributed by atoms with Gasteiger partial charge in [0.25, 0.3) is 0 Å². The number of aliphatic carboxylic acids is 1. The molecule has 3 amide bonds. The Balaban J connectivity index is 2.83. The first-order valence-electron chi connectivity index (χ1n) is 10.5. The van der Waals surface area contributed by atoms with E-state index in [4.69, 9.17) is 11.5 Å². The zero-order valence-corrected chi connectivity index (χ0v) is 18.7. The molecule has 11 nitrogen and oxygen atoms in total. The molecule has 178 valence electrons. The van der Waals surface area contributed by atoms with E-state index in [9.17, 15) is 29.4 Å². The molecule has 0 bridgehead atoms. The highest BCUT2D eigenvalue weighted by Crippen LogP contribution is 2.20. The summed E-state index contributed by atoms with van der Waals surface area (Å²) in [5.74, 6) is -2.21. The van der Waals surface area contributed by atoms with Gasteiger partial charge in [-0.1, -0.05) is 0 Å². The Morgan fingerprint density at radius 1 is 1.13 bits per heavy atom. The number of nitrogens with zero attached hydrogens (tertiary/aromatic N) is 1. The predicted octanol–water partition coefficient (Wildman–Crippen LogP) is -1.77. The monoisotopic (exact) mass is 461 g/mol. The van der Waals surface area contributed by atoms with Gasteiger partial charge in [0.1, 0.15) is 18.1 Å². The fourth-order valence-electron chi connectivity index (χ4n) is 3.36. The van der Waals surface area contributed by atoms with Crippen molar-refractivity contribution in [2.45, 2.75) is 62.7 Å². The number of aliphatic hydroxyl groups is 1. The number of unbranched alkanes of at least 4 members (excludes halogenated alkanes) is 1. The molecule has 0 aromatic rings. The number of aliphatic hydroxyl groups excluding tert-OH is 1. The molecule has 0 aliphatic carbocycles. The lowest BCUT2D eigenvalue weighted by Crippen LogP contribution is -2.58. The van der Waals surface area contributed by atoms with Crippen LogP contribution < -0.4 is 22.1 Å². The van der Waals surface area contributed by atoms with Crippen LogP contribution in [0.3, 0.4) is 0 Å². The average molecular weight is 462 g/mol. The van der Waals surface area contributed by atoms with Crippen molar-refractivity contribution in [2.24, 2.45) is 11.5 Å². The van der Waals surface area contributed by atoms with E-state index in [1.54, 1.807) is 0 Å². The second kappa shape index (κ2) is 14.2. The summed E-state index contributed by atoms with van der Waals surface area (Å²) < 4.78 is 0. The Bertz CT molecular complexity index is 623. The summed E-state index contributed by atoms with van der Waals surface area (Å²) >= 11 is 1.53. The number of thioether (sulfide) groups is 1. The van der Waals surface area contributed by atoms with Crippen molar-refractivity contribution in [1.29, 1.82) is 0 Å². The lowest BCUT2D eigenvalue weighted by Gasteiger charge is -2.28. The summed E-state index contributed by atoms with van der Waals surface area (Å²) in [4.78, 5) is 50.6. The molecule has 8 N–H and O–H groups in total. The van der Waals surface area contributed by atoms with Crippen LogP contribution in [-0.2, 0) is 19.2 Å². The van der Waals surface area contributed by atoms with Crippen molar-refractivity contribution in [3.8, 4) is 0 Å². The van der Waals surface area contributed by atoms with Crippen LogP contribution in [0.25, 0.3) is 0 Å². The summed E-state index contributed by atoms with van der Waals surface area (Å²) in [6.07, 6.45) is 4.66. The minimum Gasteiger partial charge on any atom is -0.480 e. The van der Waals surface area contributed by atoms with Crippen molar-refractivity contribution in [1.82, 2.24) is 15.5 Å². The molecule has 1 aliphatic rings. The van der Waals surface area contributed by atoms with Gasteiger partial charge in [0.2, 0.25) is 17.7 Å². The Hall–Kier alpha value is -1.89. The number of rotatable bonds is 14. The topological polar surface area (TPSA) is 188 Å². The minimum atomic E-state index is -1.27. The molecular weight excluding hydrogens is 426 g/mol. The van der Waals surface area contributed by atoms with Crippen LogP contribution in [0.2, 0.25) is 0 Å². The van der Waals surface area contributed by atoms with Crippen molar-refractivity contribution >= 4 is 35.5 Å². The number of carbonyl (C=O) groups is 4. The molecule has 1 fully saturated rings. The highest BCUT2D eigenvalue weighted by atomic mass is 32.2. The molecule has 0 aromatic carbocycles. The summed E-state index contributed by atoms with van der Waals surface area (Å²) in [6.45, 7) is 0.0428. The van der Waals surface area contributed by atoms with Gasteiger partial charge in [-0.2, -0.15) is 11.8 Å². The molecule has 1 rings (SSSR count). The number of hydrogen-bond acceptors (Lipinski definition) is 8. The second-order valence-electron chi connectivity index (χ2n) is 7.51. The molecule has 0 aromatic heterocycles. The zero-order chi connectivity index (χ0) is 23.4. The number of amides is 3. The fourth-order valence-corrected chi connectivity index (χ4v) is 3.85. The smallest absolute Gasteiger partial charge is 0.326 e. The summed E-state index contributed by atoms with van der Waals surface area (Å²) in [6, 6.07) is -4.00. The SMILES string of the molecule is CSCCC(N)C(=O)NC(CO)C(=O)NC(CCCCN)C(=O)N1CCCC1C(=O)O. The number of nitrogens with two attached hydrogens (primary N) is 2. The van der Waals surface area contributed by atoms with E-state index in [0.717, 1.165) is 0 Å². The maximum absolute atomic E-state index is 13.0. The van der Waals surface area contributed by atoms with Crippen LogP contribution in [0, 0.1) is 0 Å². The van der Waals surface area contributed by atoms with E-state index in [-0.39, 0.29) is 6.42 Å². The molecule has 0 saturated carbocycles. The minimum absolute atomic E-state index is 0.268. The third kappa shape index (κ3) is 8.63. The maximum atomic E-state index is 13.0. The van der Waals surface area contributed by atoms with Crippen LogP contribution in [0.4, 0.5) is 0 Å². The number of carboxylic acids is 1. The number of carbonyl (C=O) groups excluding carboxylic acids is 3. The Morgan fingerprint density at radius 2 is 1.81 bits per heavy atom. The molecule has 0 spiro atoms. The first-order chi connectivity index (χ1) is 14.8. The van der Waals surface area contributed by atoms with Crippen molar-refractivity contribution in [3.63, 3.8) is 0 Å². The lowest BCUT2D eigenvalue weighted by molar-refractivity contribution is -0.149. The Morgan fingerprint density at radius 3 is 2.39 bits per heavy atom. The van der Waals surface area contributed by atoms with E-state index in [1.165, 1.54) is 16.7 Å². The standard InChI is InChI=1S/C19H35N5O6S/c1-31-10-7-12(21)16(26)23-14(11-25)17(27)22-13(5-2-3-8-20)18(28)24-9-4-6-15(24)19(29)30/h12-15,25H,2-11,20-21H2,1H3,(H,22,27)(H,23,26)(H,29,30). The van der Waals surface area contributed by atoms with Crippen LogP contribution >= 0.6 is 11.8 Å². The maximum Gasteiger partial charge on any atom is 0.326 e. The van der Waals surface area contributed by atoms with Gasteiger partial charge in [-0.05, 0) is 57.1 Å². The number of likely N-dealkylation sites (tertiary alicyclic amines) is 1. The van der Waals surface area contributed by atoms with Gasteiger partial charge in [0, 0.05) is 6.54 Å². The molecule has 12 heteroatoms. The summed E-state index contributed by atoms with van der Waals surface area (Å²) in [7, 11) is 0. The van der Waals surface area contributed by atoms with Crippen LogP contribution in [0.1, 0.15) is 38.5 Å². The number of hydrogen-bond donors (Lipinski definition) is 6. The zero-order valence-electron chi connectivity index (χ0n) is 17.9. The molecule has 4 atom stereocenters. The first kappa shape index (κ1) is 27.1. The van der Waals surface area contributed by atoms with E-state index in [2.05, 4.69) is 10.6 Å². The van der Waals surface area contributed by atoms with Crippen LogP contribution in [0.5, 0.6) is 0 Å². The molecule has 31 heavy (non-hydrogen) atoms. The van der Waals surface area contributed by atoms with E-state index >= 15 is 0 Å². The van der Waals surface area contributed by atoms with Crippen molar-refractivity contribution in [3.05, 3.63) is 0 Å². The molecular formula is C19H35N5O6S. The second-order valence-corrected chi connectivity index (χ2v) is 8.49. The molecule has 4 unspecified atom stereocenters. The summed E-state index contributed by atoms with van der Waals surface area (Å²) in [5, 5.41) is 23.9. The lowest BCUT2D eigenvalue weighted by atomic mass is 10.1. The molecule has 1 heterocycles. The molecule has 1 saturated heterocycles. The van der Waals surface area contributed by atoms with Crippen molar-refractivity contribution in [2.75, 3.05) is 31.7 Å². The van der Waals surface area contributed by atoms with E-state index < -0.39 is 54.5 Å². The van der Waals surface area contributed by atoms with E-state index in [1.807, 2.05) is 6.26 Å². The van der Waals surface area contributed by atoms with Crippen LogP contribution in [-0.4, -0.2) is 94.7 Å². The largest absolute Gasteiger partial charge is 0.480 e. The van der Waals surface area contributed by atoms with Gasteiger partial charge >= 0.3 is 5.97 Å². The highest BCUT2D eigenvalue weighted by Gasteiger charge is 2.38. The summed E-state index contributed by atoms with van der Waals surface area (Å²) in [5.41, 5.74) is 11.3. The Kier molecular flexibility index (Phi) is 12.5. The average Bonchev–Trinajstić information content (AvgIpc) is 3.24. The third-order valence-electron chi connectivity index (χ3n) is 5.17. The van der Waals surface area contributed by atoms with Gasteiger partial charge in [-0.25, -0.2) is 4.79 Å². The number of carboxylic acid groups (broad SMARTS) is 1. The van der Waals surface area contributed by atoms with Crippen molar-refractivity contribution < 1.29 is 29.4 Å². The van der Waals surface area contributed by atoms with Crippen LogP contribution in [0.15, 0.2) is 0 Å². The van der Waals surface area contributed by atoms with E-state index in [0.29, 0.717) is 50.9 Å². The van der Waals surface area contributed by atoms with Gasteiger partial charge < -0.3 is 37.2 Å². The number of nitrogens with one attached hydrogen (secondary N) is 2. The first-order valence-corrected chi connectivity index (χ1v) is 11.9. The van der Waals surface area contributed by atoms with Gasteiger partial charge in [0.15, 0.2) is 0 Å². The van der Waals surface area contributed by atoms with Gasteiger partial charge in [-0.3, -0.25) is 14.4 Å². The highest BCUT2D eigenvalue weighted by molar-refractivity contribution is 7.98.